The summed E-state index contributed by atoms with van der Waals surface area (Å²) >= 11 is 0. The first-order valence-corrected chi connectivity index (χ1v) is 11.7. The number of aliphatic carboxylic acids is 1. The molecule has 0 aliphatic carbocycles. The standard InChI is InChI=1S/C25H35N5O7/c1-5-16-9-8-10-17(15-16)28-23(35)27-14-7-6-11-19(22(34)37-25(2,3)4)30-24(36)29-18(21(32)33)12-13-20(26)31/h1,8-10,15,18-19H,6-7,11-14H2,2-4H3,(H2,26,31)(H,32,33)(H2,27,28,35)(H2,29,30,36). The Labute approximate surface area is 216 Å². The lowest BCUT2D eigenvalue weighted by Crippen LogP contribution is -2.52. The number of unbranched alkanes of at least 4 members (excludes halogenated alkanes) is 1. The summed E-state index contributed by atoms with van der Waals surface area (Å²) < 4.78 is 5.36. The van der Waals surface area contributed by atoms with E-state index in [0.717, 1.165) is 0 Å². The van der Waals surface area contributed by atoms with Gasteiger partial charge in [-0.3, -0.25) is 4.79 Å². The number of primary amides is 1. The Morgan fingerprint density at radius 3 is 2.32 bits per heavy atom. The molecule has 7 N–H and O–H groups in total. The molecule has 0 spiro atoms. The van der Waals surface area contributed by atoms with E-state index in [9.17, 15) is 29.1 Å². The number of carboxylic acid groups (broad SMARTS) is 1. The summed E-state index contributed by atoms with van der Waals surface area (Å²) in [5.74, 6) is -0.258. The second-order valence-electron chi connectivity index (χ2n) is 9.20. The summed E-state index contributed by atoms with van der Waals surface area (Å²) in [5, 5.41) is 19.3. The number of nitrogens with two attached hydrogens (primary N) is 1. The van der Waals surface area contributed by atoms with Gasteiger partial charge >= 0.3 is 24.0 Å². The van der Waals surface area contributed by atoms with E-state index in [0.29, 0.717) is 30.6 Å². The van der Waals surface area contributed by atoms with Gasteiger partial charge < -0.3 is 36.8 Å². The van der Waals surface area contributed by atoms with E-state index in [1.807, 2.05) is 0 Å². The van der Waals surface area contributed by atoms with Gasteiger partial charge in [0.05, 0.1) is 0 Å². The third-order valence-electron chi connectivity index (χ3n) is 4.77. The molecule has 1 aromatic carbocycles. The smallest absolute Gasteiger partial charge is 0.329 e. The second kappa shape index (κ2) is 15.0. The Kier molecular flexibility index (Phi) is 12.5. The Morgan fingerprint density at radius 2 is 1.73 bits per heavy atom. The van der Waals surface area contributed by atoms with Crippen LogP contribution in [0.15, 0.2) is 24.3 Å². The monoisotopic (exact) mass is 517 g/mol. The van der Waals surface area contributed by atoms with E-state index in [1.54, 1.807) is 45.0 Å². The zero-order valence-corrected chi connectivity index (χ0v) is 21.3. The molecule has 0 saturated heterocycles. The molecule has 1 aromatic rings. The van der Waals surface area contributed by atoms with Gasteiger partial charge in [-0.25, -0.2) is 19.2 Å². The molecular formula is C25H35N5O7. The van der Waals surface area contributed by atoms with E-state index in [4.69, 9.17) is 16.9 Å². The first-order chi connectivity index (χ1) is 17.3. The summed E-state index contributed by atoms with van der Waals surface area (Å²) in [6.45, 7) is 5.32. The number of amides is 5. The van der Waals surface area contributed by atoms with E-state index >= 15 is 0 Å². The SMILES string of the molecule is C#Cc1cccc(NC(=O)NCCCCC(NC(=O)NC(CCC(N)=O)C(=O)O)C(=O)OC(C)(C)C)c1. The summed E-state index contributed by atoms with van der Waals surface area (Å²) in [5.41, 5.74) is 5.40. The van der Waals surface area contributed by atoms with Crippen LogP contribution in [0.25, 0.3) is 0 Å². The number of anilines is 1. The molecule has 0 aromatic heterocycles. The molecule has 0 aliphatic rings. The summed E-state index contributed by atoms with van der Waals surface area (Å²) in [7, 11) is 0. The Morgan fingerprint density at radius 1 is 1.05 bits per heavy atom. The average Bonchev–Trinajstić information content (AvgIpc) is 2.79. The normalized spacial score (nSPS) is 12.3. The number of nitrogens with one attached hydrogen (secondary N) is 4. The number of rotatable bonds is 13. The van der Waals surface area contributed by atoms with Crippen molar-refractivity contribution in [2.24, 2.45) is 5.73 Å². The Bertz CT molecular complexity index is 1010. The lowest BCUT2D eigenvalue weighted by molar-refractivity contribution is -0.157. The highest BCUT2D eigenvalue weighted by atomic mass is 16.6. The molecular weight excluding hydrogens is 482 g/mol. The minimum atomic E-state index is -1.36. The van der Waals surface area contributed by atoms with Crippen molar-refractivity contribution >= 4 is 35.6 Å². The summed E-state index contributed by atoms with van der Waals surface area (Å²) in [6, 6.07) is 3.06. The van der Waals surface area contributed by atoms with Gasteiger partial charge in [-0.15, -0.1) is 6.42 Å². The van der Waals surface area contributed by atoms with Crippen molar-refractivity contribution in [1.82, 2.24) is 16.0 Å². The fraction of sp³-hybridized carbons (Fsp3) is 0.480. The minimum Gasteiger partial charge on any atom is -0.480 e. The van der Waals surface area contributed by atoms with E-state index in [2.05, 4.69) is 27.2 Å². The van der Waals surface area contributed by atoms with Crippen LogP contribution in [0.5, 0.6) is 0 Å². The van der Waals surface area contributed by atoms with E-state index in [1.165, 1.54) is 0 Å². The average molecular weight is 518 g/mol. The van der Waals surface area contributed by atoms with Crippen LogP contribution in [0.4, 0.5) is 15.3 Å². The number of carbonyl (C=O) groups is 5. The number of esters is 1. The van der Waals surface area contributed by atoms with Gasteiger partial charge in [0, 0.05) is 24.2 Å². The van der Waals surface area contributed by atoms with Crippen LogP contribution in [-0.2, 0) is 19.1 Å². The van der Waals surface area contributed by atoms with Crippen LogP contribution < -0.4 is 27.0 Å². The third-order valence-corrected chi connectivity index (χ3v) is 4.77. The van der Waals surface area contributed by atoms with Crippen LogP contribution in [0.1, 0.15) is 58.4 Å². The van der Waals surface area contributed by atoms with Gasteiger partial charge in [0.25, 0.3) is 0 Å². The quantitative estimate of drug-likeness (QED) is 0.130. The largest absolute Gasteiger partial charge is 0.480 e. The number of carbonyl (C=O) groups excluding carboxylic acids is 4. The van der Waals surface area contributed by atoms with E-state index in [-0.39, 0.29) is 19.3 Å². The summed E-state index contributed by atoms with van der Waals surface area (Å²) in [4.78, 5) is 59.4. The molecule has 12 nitrogen and oxygen atoms in total. The molecule has 2 atom stereocenters. The van der Waals surface area contributed by atoms with Crippen LogP contribution in [0.3, 0.4) is 0 Å². The molecule has 0 radical (unpaired) electrons. The Hall–Kier alpha value is -4.27. The first kappa shape index (κ1) is 30.8. The van der Waals surface area contributed by atoms with Crippen molar-refractivity contribution in [2.75, 3.05) is 11.9 Å². The van der Waals surface area contributed by atoms with Crippen molar-refractivity contribution in [2.45, 2.75) is 70.6 Å². The fourth-order valence-electron chi connectivity index (χ4n) is 3.06. The van der Waals surface area contributed by atoms with Gasteiger partial charge in [-0.2, -0.15) is 0 Å². The Balaban J connectivity index is 2.61. The molecule has 5 amide bonds. The maximum atomic E-state index is 12.6. The highest BCUT2D eigenvalue weighted by molar-refractivity contribution is 5.89. The van der Waals surface area contributed by atoms with Gasteiger partial charge in [0.1, 0.15) is 17.7 Å². The van der Waals surface area contributed by atoms with Crippen molar-refractivity contribution in [3.05, 3.63) is 29.8 Å². The van der Waals surface area contributed by atoms with Gasteiger partial charge in [-0.1, -0.05) is 12.0 Å². The van der Waals surface area contributed by atoms with Crippen LogP contribution in [0.2, 0.25) is 0 Å². The summed E-state index contributed by atoms with van der Waals surface area (Å²) in [6.07, 6.45) is 6.01. The van der Waals surface area contributed by atoms with Crippen LogP contribution in [0, 0.1) is 12.3 Å². The second-order valence-corrected chi connectivity index (χ2v) is 9.20. The van der Waals surface area contributed by atoms with E-state index < -0.39 is 47.6 Å². The lowest BCUT2D eigenvalue weighted by atomic mass is 10.1. The highest BCUT2D eigenvalue weighted by Gasteiger charge is 2.28. The predicted molar refractivity (Wildman–Crippen MR) is 136 cm³/mol. The molecule has 12 heteroatoms. The molecule has 202 valence electrons. The van der Waals surface area contributed by atoms with Gasteiger partial charge in [-0.05, 0) is 64.7 Å². The maximum Gasteiger partial charge on any atom is 0.329 e. The molecule has 0 fully saturated rings. The molecule has 2 unspecified atom stereocenters. The fourth-order valence-corrected chi connectivity index (χ4v) is 3.06. The molecule has 37 heavy (non-hydrogen) atoms. The van der Waals surface area contributed by atoms with Crippen molar-refractivity contribution < 1.29 is 33.8 Å². The van der Waals surface area contributed by atoms with Crippen molar-refractivity contribution in [3.8, 4) is 12.3 Å². The number of carboxylic acids is 1. The van der Waals surface area contributed by atoms with Crippen LogP contribution >= 0.6 is 0 Å². The molecule has 0 heterocycles. The van der Waals surface area contributed by atoms with Crippen molar-refractivity contribution in [3.63, 3.8) is 0 Å². The molecule has 0 aliphatic heterocycles. The molecule has 1 rings (SSSR count). The molecule has 0 saturated carbocycles. The molecule has 0 bridgehead atoms. The topological polar surface area (TPSA) is 189 Å². The minimum absolute atomic E-state index is 0.175. The van der Waals surface area contributed by atoms with Crippen LogP contribution in [-0.4, -0.2) is 59.2 Å². The number of terminal acetylenes is 1. The predicted octanol–water partition coefficient (Wildman–Crippen LogP) is 1.69. The zero-order chi connectivity index (χ0) is 28.0. The zero-order valence-electron chi connectivity index (χ0n) is 21.3. The maximum absolute atomic E-state index is 12.6. The number of hydrogen-bond donors (Lipinski definition) is 6. The highest BCUT2D eigenvalue weighted by Crippen LogP contribution is 2.12. The number of hydrogen-bond acceptors (Lipinski definition) is 6. The first-order valence-electron chi connectivity index (χ1n) is 11.7. The number of benzene rings is 1. The lowest BCUT2D eigenvalue weighted by Gasteiger charge is -2.25. The van der Waals surface area contributed by atoms with Crippen molar-refractivity contribution in [1.29, 1.82) is 0 Å². The number of ether oxygens (including phenoxy) is 1. The van der Waals surface area contributed by atoms with Gasteiger partial charge in [0.15, 0.2) is 0 Å². The third kappa shape index (κ3) is 13.4. The number of urea groups is 2. The van der Waals surface area contributed by atoms with Gasteiger partial charge in [0.2, 0.25) is 5.91 Å².